The maximum Gasteiger partial charge on any atom is 0.356 e. The summed E-state index contributed by atoms with van der Waals surface area (Å²) < 4.78 is 9.38. The smallest absolute Gasteiger partial charge is 0.356 e. The molecule has 0 aliphatic rings. The van der Waals surface area contributed by atoms with Crippen LogP contribution in [0.15, 0.2) is 6.20 Å². The van der Waals surface area contributed by atoms with Gasteiger partial charge in [-0.05, 0) is 0 Å². The molecule has 1 aromatic heterocycles. The van der Waals surface area contributed by atoms with E-state index in [4.69, 9.17) is 4.74 Å². The maximum atomic E-state index is 11.0. The van der Waals surface area contributed by atoms with Crippen LogP contribution in [0.4, 0.5) is 0 Å². The van der Waals surface area contributed by atoms with Gasteiger partial charge < -0.3 is 14.5 Å². The lowest BCUT2D eigenvalue weighted by Crippen LogP contribution is -2.02. The molecule has 0 amide bonds. The number of carbonyl (C=O) groups excluding carboxylic acids is 1. The fraction of sp³-hybridized carbons (Fsp3) is 0.500. The van der Waals surface area contributed by atoms with Crippen molar-refractivity contribution in [2.45, 2.75) is 6.42 Å². The number of ether oxygens (including phenoxy) is 2. The Morgan fingerprint density at radius 1 is 1.62 bits per heavy atom. The van der Waals surface area contributed by atoms with Crippen LogP contribution >= 0.6 is 0 Å². The molecule has 72 valence electrons. The predicted octanol–water partition coefficient (Wildman–Crippen LogP) is 0.385. The van der Waals surface area contributed by atoms with Crippen LogP contribution in [0.5, 0.6) is 0 Å². The lowest BCUT2D eigenvalue weighted by Gasteiger charge is -1.95. The van der Waals surface area contributed by atoms with E-state index in [-0.39, 0.29) is 0 Å². The molecular weight excluding hydrogens is 172 g/mol. The lowest BCUT2D eigenvalue weighted by molar-refractivity contribution is 0.0594. The molecule has 1 aromatic rings. The normalized spacial score (nSPS) is 10.0. The highest BCUT2D eigenvalue weighted by Gasteiger charge is 2.08. The van der Waals surface area contributed by atoms with Gasteiger partial charge in [0.05, 0.1) is 19.9 Å². The van der Waals surface area contributed by atoms with Gasteiger partial charge in [0.2, 0.25) is 0 Å². The Bertz CT molecular complexity index is 283. The highest BCUT2D eigenvalue weighted by Crippen LogP contribution is 1.99. The van der Waals surface area contributed by atoms with E-state index < -0.39 is 5.97 Å². The minimum atomic E-state index is -0.406. The van der Waals surface area contributed by atoms with Crippen LogP contribution in [0.1, 0.15) is 16.3 Å². The molecule has 0 saturated carbocycles. The fourth-order valence-electron chi connectivity index (χ4n) is 0.902. The minimum absolute atomic E-state index is 0.369. The standard InChI is InChI=1S/C8H12N2O3/c1-12-4-3-7-9-5-6(10-7)8(11)13-2/h5H,3-4H2,1-2H3,(H,9,10). The summed E-state index contributed by atoms with van der Waals surface area (Å²) in [4.78, 5) is 17.8. The van der Waals surface area contributed by atoms with Gasteiger partial charge in [-0.2, -0.15) is 0 Å². The SMILES string of the molecule is COCCc1ncc(C(=O)OC)[nH]1. The second-order valence-corrected chi connectivity index (χ2v) is 2.48. The van der Waals surface area contributed by atoms with Gasteiger partial charge >= 0.3 is 5.97 Å². The van der Waals surface area contributed by atoms with Gasteiger partial charge in [0, 0.05) is 13.5 Å². The van der Waals surface area contributed by atoms with Crippen molar-refractivity contribution in [3.05, 3.63) is 17.7 Å². The molecule has 1 rings (SSSR count). The third-order valence-electron chi connectivity index (χ3n) is 1.58. The van der Waals surface area contributed by atoms with E-state index >= 15 is 0 Å². The van der Waals surface area contributed by atoms with Gasteiger partial charge in [0.15, 0.2) is 0 Å². The largest absolute Gasteiger partial charge is 0.464 e. The zero-order valence-corrected chi connectivity index (χ0v) is 7.66. The highest BCUT2D eigenvalue weighted by atomic mass is 16.5. The van der Waals surface area contributed by atoms with E-state index in [2.05, 4.69) is 14.7 Å². The average molecular weight is 184 g/mol. The monoisotopic (exact) mass is 184 g/mol. The van der Waals surface area contributed by atoms with Crippen molar-refractivity contribution in [1.29, 1.82) is 0 Å². The first-order chi connectivity index (χ1) is 6.27. The van der Waals surface area contributed by atoms with Crippen molar-refractivity contribution in [1.82, 2.24) is 9.97 Å². The molecule has 0 saturated heterocycles. The van der Waals surface area contributed by atoms with Crippen molar-refractivity contribution in [2.24, 2.45) is 0 Å². The minimum Gasteiger partial charge on any atom is -0.464 e. The van der Waals surface area contributed by atoms with Crippen LogP contribution in [0.25, 0.3) is 0 Å². The number of hydrogen-bond donors (Lipinski definition) is 1. The predicted molar refractivity (Wildman–Crippen MR) is 45.5 cm³/mol. The molecule has 0 aliphatic heterocycles. The topological polar surface area (TPSA) is 64.2 Å². The van der Waals surface area contributed by atoms with E-state index in [1.54, 1.807) is 7.11 Å². The number of nitrogens with one attached hydrogen (secondary N) is 1. The first kappa shape index (κ1) is 9.73. The van der Waals surface area contributed by atoms with Gasteiger partial charge in [-0.3, -0.25) is 0 Å². The second-order valence-electron chi connectivity index (χ2n) is 2.48. The summed E-state index contributed by atoms with van der Waals surface area (Å²) in [7, 11) is 2.95. The van der Waals surface area contributed by atoms with Crippen molar-refractivity contribution >= 4 is 5.97 Å². The Balaban J connectivity index is 2.58. The molecule has 0 aromatic carbocycles. The van der Waals surface area contributed by atoms with Crippen LogP contribution in [0, 0.1) is 0 Å². The molecule has 0 bridgehead atoms. The number of aromatic amines is 1. The summed E-state index contributed by atoms with van der Waals surface area (Å²) in [5, 5.41) is 0. The first-order valence-corrected chi connectivity index (χ1v) is 3.89. The summed E-state index contributed by atoms with van der Waals surface area (Å²) in [5.41, 5.74) is 0.369. The number of hydrogen-bond acceptors (Lipinski definition) is 4. The van der Waals surface area contributed by atoms with Crippen LogP contribution in [-0.4, -0.2) is 36.8 Å². The highest BCUT2D eigenvalue weighted by molar-refractivity contribution is 5.86. The third-order valence-corrected chi connectivity index (χ3v) is 1.58. The Labute approximate surface area is 76.1 Å². The summed E-state index contributed by atoms with van der Waals surface area (Å²) in [6.45, 7) is 0.578. The number of esters is 1. The summed E-state index contributed by atoms with van der Waals surface area (Å²) >= 11 is 0. The zero-order valence-electron chi connectivity index (χ0n) is 7.66. The van der Waals surface area contributed by atoms with E-state index in [9.17, 15) is 4.79 Å². The van der Waals surface area contributed by atoms with E-state index in [1.165, 1.54) is 13.3 Å². The fourth-order valence-corrected chi connectivity index (χ4v) is 0.902. The van der Waals surface area contributed by atoms with Crippen molar-refractivity contribution in [2.75, 3.05) is 20.8 Å². The molecule has 0 radical (unpaired) electrons. The molecule has 0 atom stereocenters. The zero-order chi connectivity index (χ0) is 9.68. The summed E-state index contributed by atoms with van der Waals surface area (Å²) in [5.74, 6) is 0.318. The average Bonchev–Trinajstić information content (AvgIpc) is 2.62. The van der Waals surface area contributed by atoms with E-state index in [0.717, 1.165) is 5.82 Å². The number of nitrogens with zero attached hydrogens (tertiary/aromatic N) is 1. The summed E-state index contributed by atoms with van der Waals surface area (Å²) in [6.07, 6.45) is 2.12. The van der Waals surface area contributed by atoms with Crippen molar-refractivity contribution in [3.8, 4) is 0 Å². The number of carbonyl (C=O) groups is 1. The maximum absolute atomic E-state index is 11.0. The Morgan fingerprint density at radius 3 is 3.00 bits per heavy atom. The molecule has 13 heavy (non-hydrogen) atoms. The molecule has 5 heteroatoms. The third kappa shape index (κ3) is 2.55. The van der Waals surface area contributed by atoms with Crippen molar-refractivity contribution in [3.63, 3.8) is 0 Å². The lowest BCUT2D eigenvalue weighted by atomic mass is 10.4. The van der Waals surface area contributed by atoms with E-state index in [1.807, 2.05) is 0 Å². The van der Waals surface area contributed by atoms with Crippen LogP contribution in [0.2, 0.25) is 0 Å². The number of rotatable bonds is 4. The Morgan fingerprint density at radius 2 is 2.38 bits per heavy atom. The van der Waals surface area contributed by atoms with Gasteiger partial charge in [0.1, 0.15) is 11.5 Å². The Kier molecular flexibility index (Phi) is 3.45. The summed E-state index contributed by atoms with van der Waals surface area (Å²) in [6, 6.07) is 0. The van der Waals surface area contributed by atoms with Gasteiger partial charge in [-0.15, -0.1) is 0 Å². The quantitative estimate of drug-likeness (QED) is 0.687. The molecule has 1 N–H and O–H groups in total. The molecule has 5 nitrogen and oxygen atoms in total. The molecular formula is C8H12N2O3. The number of methoxy groups -OCH3 is 2. The van der Waals surface area contributed by atoms with Crippen LogP contribution in [0.3, 0.4) is 0 Å². The Hall–Kier alpha value is -1.36. The molecule has 0 fully saturated rings. The van der Waals surface area contributed by atoms with Crippen LogP contribution in [-0.2, 0) is 15.9 Å². The molecule has 0 aliphatic carbocycles. The van der Waals surface area contributed by atoms with Gasteiger partial charge in [-0.1, -0.05) is 0 Å². The van der Waals surface area contributed by atoms with Crippen molar-refractivity contribution < 1.29 is 14.3 Å². The van der Waals surface area contributed by atoms with Crippen LogP contribution < -0.4 is 0 Å². The van der Waals surface area contributed by atoms with Gasteiger partial charge in [-0.25, -0.2) is 9.78 Å². The first-order valence-electron chi connectivity index (χ1n) is 3.89. The molecule has 1 heterocycles. The molecule has 0 spiro atoms. The number of aromatic nitrogens is 2. The van der Waals surface area contributed by atoms with Gasteiger partial charge in [0.25, 0.3) is 0 Å². The van der Waals surface area contributed by atoms with E-state index in [0.29, 0.717) is 18.7 Å². The second kappa shape index (κ2) is 4.61. The number of imidazole rings is 1. The number of H-pyrrole nitrogens is 1. The molecule has 0 unspecified atom stereocenters.